The van der Waals surface area contributed by atoms with Crippen LogP contribution in [0, 0.1) is 17.2 Å². The molecule has 4 nitrogen and oxygen atoms in total. The van der Waals surface area contributed by atoms with Gasteiger partial charge < -0.3 is 11.1 Å². The number of nitrogens with two attached hydrogens (primary N) is 1. The van der Waals surface area contributed by atoms with E-state index in [1.54, 1.807) is 6.92 Å². The van der Waals surface area contributed by atoms with E-state index in [1.807, 2.05) is 6.92 Å². The number of hydrogen-bond acceptors (Lipinski definition) is 3. The van der Waals surface area contributed by atoms with Crippen LogP contribution in [0.2, 0.25) is 0 Å². The highest BCUT2D eigenvalue weighted by Crippen LogP contribution is 2.33. The SMILES string of the molecule is CCC(C)C(N)C(=O)Nc1ccc(C#N)c(C(F)(F)F)c1. The molecular weight excluding hydrogens is 283 g/mol. The quantitative estimate of drug-likeness (QED) is 0.897. The monoisotopic (exact) mass is 299 g/mol. The van der Waals surface area contributed by atoms with E-state index in [-0.39, 0.29) is 11.6 Å². The molecule has 1 aromatic rings. The van der Waals surface area contributed by atoms with Gasteiger partial charge in [0.2, 0.25) is 5.91 Å². The van der Waals surface area contributed by atoms with Crippen LogP contribution in [0.15, 0.2) is 18.2 Å². The summed E-state index contributed by atoms with van der Waals surface area (Å²) in [6, 6.07) is 3.67. The van der Waals surface area contributed by atoms with E-state index >= 15 is 0 Å². The zero-order valence-corrected chi connectivity index (χ0v) is 11.7. The lowest BCUT2D eigenvalue weighted by atomic mass is 9.99. The van der Waals surface area contributed by atoms with Crippen molar-refractivity contribution < 1.29 is 18.0 Å². The number of nitrogens with one attached hydrogen (secondary N) is 1. The molecule has 0 heterocycles. The minimum absolute atomic E-state index is 0.0370. The summed E-state index contributed by atoms with van der Waals surface area (Å²) in [5, 5.41) is 11.0. The highest BCUT2D eigenvalue weighted by Gasteiger charge is 2.34. The summed E-state index contributed by atoms with van der Waals surface area (Å²) >= 11 is 0. The molecule has 0 fully saturated rings. The number of nitriles is 1. The van der Waals surface area contributed by atoms with E-state index in [1.165, 1.54) is 12.1 Å². The van der Waals surface area contributed by atoms with Gasteiger partial charge in [0.15, 0.2) is 0 Å². The smallest absolute Gasteiger partial charge is 0.325 e. The van der Waals surface area contributed by atoms with Gasteiger partial charge in [-0.05, 0) is 24.1 Å². The number of carbonyl (C=O) groups excluding carboxylic acids is 1. The van der Waals surface area contributed by atoms with Crippen molar-refractivity contribution in [2.45, 2.75) is 32.5 Å². The summed E-state index contributed by atoms with van der Waals surface area (Å²) in [5.41, 5.74) is 4.10. The fraction of sp³-hybridized carbons (Fsp3) is 0.429. The van der Waals surface area contributed by atoms with Crippen molar-refractivity contribution in [1.29, 1.82) is 5.26 Å². The van der Waals surface area contributed by atoms with Crippen LogP contribution in [-0.2, 0) is 11.0 Å². The summed E-state index contributed by atoms with van der Waals surface area (Å²) in [7, 11) is 0. The fourth-order valence-electron chi connectivity index (χ4n) is 1.69. The molecule has 7 heteroatoms. The maximum atomic E-state index is 12.8. The van der Waals surface area contributed by atoms with Crippen LogP contribution >= 0.6 is 0 Å². The zero-order valence-electron chi connectivity index (χ0n) is 11.7. The van der Waals surface area contributed by atoms with Gasteiger partial charge in [-0.15, -0.1) is 0 Å². The van der Waals surface area contributed by atoms with Gasteiger partial charge in [0.05, 0.1) is 23.2 Å². The van der Waals surface area contributed by atoms with E-state index in [4.69, 9.17) is 11.0 Å². The van der Waals surface area contributed by atoms with Crippen molar-refractivity contribution in [3.8, 4) is 6.07 Å². The number of anilines is 1. The van der Waals surface area contributed by atoms with Gasteiger partial charge in [0.1, 0.15) is 0 Å². The Morgan fingerprint density at radius 1 is 1.48 bits per heavy atom. The normalized spacial score (nSPS) is 14.1. The first-order valence-electron chi connectivity index (χ1n) is 6.38. The van der Waals surface area contributed by atoms with Crippen LogP contribution in [0.5, 0.6) is 0 Å². The number of hydrogen-bond donors (Lipinski definition) is 2. The molecule has 1 aromatic carbocycles. The second-order valence-electron chi connectivity index (χ2n) is 4.77. The number of benzene rings is 1. The summed E-state index contributed by atoms with van der Waals surface area (Å²) in [5.74, 6) is -0.646. The number of nitrogens with zero attached hydrogens (tertiary/aromatic N) is 1. The Bertz CT molecular complexity index is 564. The van der Waals surface area contributed by atoms with Crippen molar-refractivity contribution in [2.24, 2.45) is 11.7 Å². The molecule has 3 N–H and O–H groups in total. The Balaban J connectivity index is 3.01. The van der Waals surface area contributed by atoms with Crippen molar-refractivity contribution in [1.82, 2.24) is 0 Å². The molecule has 1 rings (SSSR count). The first-order valence-corrected chi connectivity index (χ1v) is 6.38. The molecule has 0 saturated carbocycles. The van der Waals surface area contributed by atoms with Crippen LogP contribution in [0.3, 0.4) is 0 Å². The highest BCUT2D eigenvalue weighted by molar-refractivity contribution is 5.95. The summed E-state index contributed by atoms with van der Waals surface area (Å²) in [6.07, 6.45) is -3.99. The van der Waals surface area contributed by atoms with Crippen LogP contribution in [0.25, 0.3) is 0 Å². The number of rotatable bonds is 4. The first-order chi connectivity index (χ1) is 9.70. The maximum Gasteiger partial charge on any atom is 0.417 e. The van der Waals surface area contributed by atoms with Crippen molar-refractivity contribution in [3.05, 3.63) is 29.3 Å². The highest BCUT2D eigenvalue weighted by atomic mass is 19.4. The first kappa shape index (κ1) is 17.0. The molecular formula is C14H16F3N3O. The minimum Gasteiger partial charge on any atom is -0.325 e. The number of halogens is 3. The average Bonchev–Trinajstić information content (AvgIpc) is 2.44. The van der Waals surface area contributed by atoms with Crippen molar-refractivity contribution >= 4 is 11.6 Å². The minimum atomic E-state index is -4.66. The van der Waals surface area contributed by atoms with Gasteiger partial charge in [-0.2, -0.15) is 18.4 Å². The van der Waals surface area contributed by atoms with E-state index in [0.29, 0.717) is 6.42 Å². The van der Waals surface area contributed by atoms with Crippen LogP contribution in [0.4, 0.5) is 18.9 Å². The van der Waals surface area contributed by atoms with E-state index in [0.717, 1.165) is 12.1 Å². The molecule has 0 saturated heterocycles. The standard InChI is InChI=1S/C14H16F3N3O/c1-3-8(2)12(19)13(21)20-10-5-4-9(7-18)11(6-10)14(15,16)17/h4-6,8,12H,3,19H2,1-2H3,(H,20,21). The van der Waals surface area contributed by atoms with Gasteiger partial charge in [0.25, 0.3) is 0 Å². The summed E-state index contributed by atoms with van der Waals surface area (Å²) in [6.45, 7) is 3.64. The average molecular weight is 299 g/mol. The largest absolute Gasteiger partial charge is 0.417 e. The molecule has 0 aromatic heterocycles. The zero-order chi connectivity index (χ0) is 16.2. The maximum absolute atomic E-state index is 12.8. The lowest BCUT2D eigenvalue weighted by Gasteiger charge is -2.18. The third kappa shape index (κ3) is 4.20. The number of amides is 1. The predicted molar refractivity (Wildman–Crippen MR) is 72.2 cm³/mol. The molecule has 21 heavy (non-hydrogen) atoms. The number of alkyl halides is 3. The Morgan fingerprint density at radius 3 is 2.57 bits per heavy atom. The Morgan fingerprint density at radius 2 is 2.10 bits per heavy atom. The molecule has 0 radical (unpaired) electrons. The fourth-order valence-corrected chi connectivity index (χ4v) is 1.69. The third-order valence-corrected chi connectivity index (χ3v) is 3.27. The Hall–Kier alpha value is -2.07. The molecule has 0 spiro atoms. The van der Waals surface area contributed by atoms with E-state index < -0.39 is 29.3 Å². The molecule has 114 valence electrons. The summed E-state index contributed by atoms with van der Waals surface area (Å²) < 4.78 is 38.4. The lowest BCUT2D eigenvalue weighted by Crippen LogP contribution is -2.40. The van der Waals surface area contributed by atoms with Crippen molar-refractivity contribution in [2.75, 3.05) is 5.32 Å². The molecule has 1 amide bonds. The van der Waals surface area contributed by atoms with Crippen LogP contribution < -0.4 is 11.1 Å². The Labute approximate surface area is 120 Å². The second-order valence-corrected chi connectivity index (χ2v) is 4.77. The molecule has 0 aliphatic heterocycles. The lowest BCUT2D eigenvalue weighted by molar-refractivity contribution is -0.137. The van der Waals surface area contributed by atoms with Gasteiger partial charge in [-0.25, -0.2) is 0 Å². The van der Waals surface area contributed by atoms with Crippen molar-refractivity contribution in [3.63, 3.8) is 0 Å². The molecule has 2 unspecified atom stereocenters. The van der Waals surface area contributed by atoms with E-state index in [9.17, 15) is 18.0 Å². The summed E-state index contributed by atoms with van der Waals surface area (Å²) in [4.78, 5) is 11.8. The molecule has 0 bridgehead atoms. The molecule has 2 atom stereocenters. The van der Waals surface area contributed by atoms with Gasteiger partial charge >= 0.3 is 6.18 Å². The number of carbonyl (C=O) groups is 1. The van der Waals surface area contributed by atoms with E-state index in [2.05, 4.69) is 5.32 Å². The van der Waals surface area contributed by atoms with Gasteiger partial charge in [0, 0.05) is 5.69 Å². The molecule has 0 aliphatic rings. The Kier molecular flexibility index (Phi) is 5.33. The topological polar surface area (TPSA) is 78.9 Å². The van der Waals surface area contributed by atoms with Gasteiger partial charge in [-0.3, -0.25) is 4.79 Å². The molecule has 0 aliphatic carbocycles. The second kappa shape index (κ2) is 6.59. The third-order valence-electron chi connectivity index (χ3n) is 3.27. The van der Waals surface area contributed by atoms with Crippen LogP contribution in [-0.4, -0.2) is 11.9 Å². The predicted octanol–water partition coefficient (Wildman–Crippen LogP) is 2.89. The van der Waals surface area contributed by atoms with Crippen LogP contribution in [0.1, 0.15) is 31.4 Å². The van der Waals surface area contributed by atoms with Gasteiger partial charge in [-0.1, -0.05) is 20.3 Å².